The Hall–Kier alpha value is -1.80. The minimum absolute atomic E-state index is 0.0703. The van der Waals surface area contributed by atoms with Crippen LogP contribution in [-0.2, 0) is 6.61 Å². The molecule has 1 aliphatic rings. The number of halogens is 3. The zero-order chi connectivity index (χ0) is 16.4. The molecule has 0 aliphatic heterocycles. The molecule has 23 heavy (non-hydrogen) atoms. The average Bonchev–Trinajstić information content (AvgIpc) is 2.98. The molecule has 2 heterocycles. The summed E-state index contributed by atoms with van der Waals surface area (Å²) in [5.74, 6) is -1.85. The van der Waals surface area contributed by atoms with Gasteiger partial charge in [-0.3, -0.25) is 0 Å². The molecule has 6 nitrogen and oxygen atoms in total. The lowest BCUT2D eigenvalue weighted by Crippen LogP contribution is -2.32. The van der Waals surface area contributed by atoms with Crippen LogP contribution in [0, 0.1) is 0 Å². The summed E-state index contributed by atoms with van der Waals surface area (Å²) in [6.45, 7) is -0.186. The van der Waals surface area contributed by atoms with Crippen LogP contribution in [-0.4, -0.2) is 36.8 Å². The van der Waals surface area contributed by atoms with Crippen molar-refractivity contribution in [3.8, 4) is 5.95 Å². The SMILES string of the molecule is OCc1ccn(-c2nc(Cl)cc(NC3CCC(F)(F)CC3)n2)n1. The average molecular weight is 344 g/mol. The van der Waals surface area contributed by atoms with Gasteiger partial charge in [0.25, 0.3) is 5.95 Å². The Morgan fingerprint density at radius 3 is 2.74 bits per heavy atom. The maximum atomic E-state index is 13.2. The summed E-state index contributed by atoms with van der Waals surface area (Å²) in [7, 11) is 0. The molecule has 0 saturated heterocycles. The number of rotatable bonds is 4. The lowest BCUT2D eigenvalue weighted by molar-refractivity contribution is -0.0361. The molecule has 0 unspecified atom stereocenters. The number of hydrogen-bond donors (Lipinski definition) is 2. The van der Waals surface area contributed by atoms with E-state index >= 15 is 0 Å². The molecule has 1 saturated carbocycles. The largest absolute Gasteiger partial charge is 0.390 e. The normalized spacial score (nSPS) is 18.1. The van der Waals surface area contributed by atoms with Gasteiger partial charge in [-0.05, 0) is 18.9 Å². The Bertz CT molecular complexity index is 684. The molecule has 1 fully saturated rings. The highest BCUT2D eigenvalue weighted by Gasteiger charge is 2.34. The van der Waals surface area contributed by atoms with Crippen molar-refractivity contribution in [1.29, 1.82) is 0 Å². The van der Waals surface area contributed by atoms with Crippen molar-refractivity contribution in [2.24, 2.45) is 0 Å². The third-order valence-electron chi connectivity index (χ3n) is 3.76. The molecule has 3 rings (SSSR count). The highest BCUT2D eigenvalue weighted by Crippen LogP contribution is 2.34. The highest BCUT2D eigenvalue weighted by atomic mass is 35.5. The summed E-state index contributed by atoms with van der Waals surface area (Å²) in [6.07, 6.45) is 2.10. The van der Waals surface area contributed by atoms with Gasteiger partial charge in [-0.25, -0.2) is 13.5 Å². The maximum Gasteiger partial charge on any atom is 0.253 e. The van der Waals surface area contributed by atoms with E-state index in [4.69, 9.17) is 16.7 Å². The Morgan fingerprint density at radius 1 is 1.35 bits per heavy atom. The fourth-order valence-electron chi connectivity index (χ4n) is 2.53. The summed E-state index contributed by atoms with van der Waals surface area (Å²) in [6, 6.07) is 3.12. The number of nitrogens with zero attached hydrogens (tertiary/aromatic N) is 4. The van der Waals surface area contributed by atoms with Gasteiger partial charge in [0.15, 0.2) is 0 Å². The standard InChI is InChI=1S/C14H16ClF2N5O/c15-11-7-12(18-9-1-4-14(16,17)5-2-9)20-13(19-11)22-6-3-10(8-23)21-22/h3,6-7,9,23H,1-2,4-5,8H2,(H,18,19,20). The highest BCUT2D eigenvalue weighted by molar-refractivity contribution is 6.29. The van der Waals surface area contributed by atoms with Crippen molar-refractivity contribution >= 4 is 17.4 Å². The first-order valence-electron chi connectivity index (χ1n) is 7.30. The molecule has 0 radical (unpaired) electrons. The molecule has 1 aliphatic carbocycles. The van der Waals surface area contributed by atoms with Gasteiger partial charge >= 0.3 is 0 Å². The number of hydrogen-bond acceptors (Lipinski definition) is 5. The lowest BCUT2D eigenvalue weighted by Gasteiger charge is -2.29. The van der Waals surface area contributed by atoms with Crippen LogP contribution < -0.4 is 5.32 Å². The van der Waals surface area contributed by atoms with Crippen molar-refractivity contribution in [2.45, 2.75) is 44.3 Å². The second kappa shape index (κ2) is 6.37. The number of nitrogens with one attached hydrogen (secondary N) is 1. The van der Waals surface area contributed by atoms with E-state index in [1.54, 1.807) is 18.3 Å². The van der Waals surface area contributed by atoms with Crippen molar-refractivity contribution < 1.29 is 13.9 Å². The molecular formula is C14H16ClF2N5O. The van der Waals surface area contributed by atoms with E-state index in [0.717, 1.165) is 0 Å². The monoisotopic (exact) mass is 343 g/mol. The van der Waals surface area contributed by atoms with Gasteiger partial charge in [-0.1, -0.05) is 11.6 Å². The summed E-state index contributed by atoms with van der Waals surface area (Å²) in [4.78, 5) is 8.39. The second-order valence-electron chi connectivity index (χ2n) is 5.56. The number of alkyl halides is 2. The van der Waals surface area contributed by atoms with Crippen molar-refractivity contribution in [1.82, 2.24) is 19.7 Å². The molecule has 9 heteroatoms. The lowest BCUT2D eigenvalue weighted by atomic mass is 9.92. The van der Waals surface area contributed by atoms with Crippen LogP contribution in [0.2, 0.25) is 5.15 Å². The molecule has 124 valence electrons. The molecule has 2 N–H and O–H groups in total. The summed E-state index contributed by atoms with van der Waals surface area (Å²) < 4.78 is 27.8. The van der Waals surface area contributed by atoms with Crippen molar-refractivity contribution in [3.63, 3.8) is 0 Å². The predicted octanol–water partition coefficient (Wildman–Crippen LogP) is 2.80. The van der Waals surface area contributed by atoms with E-state index in [1.807, 2.05) is 0 Å². The van der Waals surface area contributed by atoms with Crippen LogP contribution in [0.5, 0.6) is 0 Å². The van der Waals surface area contributed by atoms with E-state index in [0.29, 0.717) is 24.4 Å². The smallest absolute Gasteiger partial charge is 0.253 e. The van der Waals surface area contributed by atoms with Gasteiger partial charge in [0.05, 0.1) is 12.3 Å². The van der Waals surface area contributed by atoms with Gasteiger partial charge < -0.3 is 10.4 Å². The van der Waals surface area contributed by atoms with Crippen LogP contribution in [0.15, 0.2) is 18.3 Å². The minimum atomic E-state index is -2.57. The van der Waals surface area contributed by atoms with Gasteiger partial charge in [0, 0.05) is 31.1 Å². The third kappa shape index (κ3) is 3.94. The zero-order valence-corrected chi connectivity index (χ0v) is 13.0. The van der Waals surface area contributed by atoms with E-state index in [2.05, 4.69) is 20.4 Å². The molecule has 0 spiro atoms. The molecule has 2 aromatic rings. The first kappa shape index (κ1) is 16.1. The molecule has 2 aromatic heterocycles. The number of aromatic nitrogens is 4. The van der Waals surface area contributed by atoms with Crippen molar-refractivity contribution in [2.75, 3.05) is 5.32 Å². The number of aliphatic hydroxyl groups excluding tert-OH is 1. The molecule has 0 aromatic carbocycles. The maximum absolute atomic E-state index is 13.2. The molecule has 0 atom stereocenters. The fraction of sp³-hybridized carbons (Fsp3) is 0.500. The first-order valence-corrected chi connectivity index (χ1v) is 7.68. The first-order chi connectivity index (χ1) is 10.9. The Balaban J connectivity index is 1.75. The van der Waals surface area contributed by atoms with Crippen LogP contribution in [0.1, 0.15) is 31.4 Å². The van der Waals surface area contributed by atoms with Gasteiger partial charge in [-0.15, -0.1) is 0 Å². The fourth-order valence-corrected chi connectivity index (χ4v) is 2.71. The zero-order valence-electron chi connectivity index (χ0n) is 12.2. The number of aliphatic hydroxyl groups is 1. The second-order valence-corrected chi connectivity index (χ2v) is 5.95. The van der Waals surface area contributed by atoms with Gasteiger partial charge in [0.1, 0.15) is 11.0 Å². The van der Waals surface area contributed by atoms with Crippen LogP contribution in [0.4, 0.5) is 14.6 Å². The summed E-state index contributed by atoms with van der Waals surface area (Å²) >= 11 is 6.00. The Kier molecular flexibility index (Phi) is 4.45. The van der Waals surface area contributed by atoms with Crippen LogP contribution in [0.3, 0.4) is 0 Å². The predicted molar refractivity (Wildman–Crippen MR) is 80.9 cm³/mol. The van der Waals surface area contributed by atoms with E-state index in [-0.39, 0.29) is 36.6 Å². The summed E-state index contributed by atoms with van der Waals surface area (Å²) in [5, 5.41) is 16.5. The quantitative estimate of drug-likeness (QED) is 0.835. The molecule has 0 bridgehead atoms. The minimum Gasteiger partial charge on any atom is -0.390 e. The topological polar surface area (TPSA) is 75.9 Å². The molecular weight excluding hydrogens is 328 g/mol. The van der Waals surface area contributed by atoms with Gasteiger partial charge in [0.2, 0.25) is 5.92 Å². The Morgan fingerprint density at radius 2 is 2.09 bits per heavy atom. The van der Waals surface area contributed by atoms with Crippen molar-refractivity contribution in [3.05, 3.63) is 29.2 Å². The van der Waals surface area contributed by atoms with E-state index in [9.17, 15) is 8.78 Å². The Labute approximate surface area is 136 Å². The van der Waals surface area contributed by atoms with Crippen LogP contribution >= 0.6 is 11.6 Å². The van der Waals surface area contributed by atoms with E-state index < -0.39 is 5.92 Å². The van der Waals surface area contributed by atoms with Gasteiger partial charge in [-0.2, -0.15) is 15.1 Å². The third-order valence-corrected chi connectivity index (χ3v) is 3.96. The number of anilines is 1. The van der Waals surface area contributed by atoms with Crippen LogP contribution in [0.25, 0.3) is 5.95 Å². The molecule has 0 amide bonds. The summed E-state index contributed by atoms with van der Waals surface area (Å²) in [5.41, 5.74) is 0.484. The van der Waals surface area contributed by atoms with E-state index in [1.165, 1.54) is 4.68 Å².